The molecule has 0 fully saturated rings. The minimum atomic E-state index is -4.65. The van der Waals surface area contributed by atoms with Crippen molar-refractivity contribution in [2.24, 2.45) is 0 Å². The lowest BCUT2D eigenvalue weighted by atomic mass is 10.0. The van der Waals surface area contributed by atoms with Gasteiger partial charge >= 0.3 is 12.1 Å². The van der Waals surface area contributed by atoms with Gasteiger partial charge in [-0.15, -0.1) is 0 Å². The van der Waals surface area contributed by atoms with Crippen LogP contribution >= 0.6 is 0 Å². The van der Waals surface area contributed by atoms with Crippen LogP contribution in [0.5, 0.6) is 0 Å². The van der Waals surface area contributed by atoms with Crippen molar-refractivity contribution in [1.82, 2.24) is 9.55 Å². The normalized spacial score (nSPS) is 16.7. The Morgan fingerprint density at radius 3 is 2.50 bits per heavy atom. The van der Waals surface area contributed by atoms with Crippen molar-refractivity contribution in [2.75, 3.05) is 24.3 Å². The first-order chi connectivity index (χ1) is 18.0. The van der Waals surface area contributed by atoms with Crippen LogP contribution in [-0.2, 0) is 35.1 Å². The molecule has 1 aromatic heterocycles. The van der Waals surface area contributed by atoms with E-state index < -0.39 is 35.4 Å². The summed E-state index contributed by atoms with van der Waals surface area (Å²) in [7, 11) is 3.32. The lowest BCUT2D eigenvalue weighted by Crippen LogP contribution is -2.33. The molecule has 2 aromatic carbocycles. The largest absolute Gasteiger partial charge is 0.460 e. The van der Waals surface area contributed by atoms with Crippen LogP contribution in [0.4, 0.5) is 24.5 Å². The number of anilines is 2. The Hall–Kier alpha value is -3.82. The second-order valence-corrected chi connectivity index (χ2v) is 9.45. The van der Waals surface area contributed by atoms with E-state index in [4.69, 9.17) is 4.74 Å². The van der Waals surface area contributed by atoms with Gasteiger partial charge < -0.3 is 15.0 Å². The summed E-state index contributed by atoms with van der Waals surface area (Å²) in [6.45, 7) is 4.92. The second kappa shape index (κ2) is 10.5. The van der Waals surface area contributed by atoms with E-state index >= 15 is 0 Å². The molecule has 0 amide bonds. The monoisotopic (exact) mass is 528 g/mol. The number of aromatic nitrogens is 2. The fourth-order valence-corrected chi connectivity index (χ4v) is 4.95. The number of fused-ring (bicyclic) bond motifs is 1. The third kappa shape index (κ3) is 5.12. The Kier molecular flexibility index (Phi) is 7.53. The van der Waals surface area contributed by atoms with Crippen molar-refractivity contribution in [3.05, 3.63) is 75.2 Å². The number of alkyl halides is 3. The van der Waals surface area contributed by atoms with E-state index in [0.717, 1.165) is 17.2 Å². The number of aryl methyl sites for hydroxylation is 1. The Bertz CT molecular complexity index is 1420. The number of carbonyl (C=O) groups excluding carboxylic acids is 1. The van der Waals surface area contributed by atoms with Gasteiger partial charge in [-0.05, 0) is 42.7 Å². The fraction of sp³-hybridized carbons (Fsp3) is 0.393. The highest BCUT2D eigenvalue weighted by Gasteiger charge is 2.37. The van der Waals surface area contributed by atoms with Crippen LogP contribution in [0.2, 0.25) is 0 Å². The zero-order valence-corrected chi connectivity index (χ0v) is 22.0. The summed E-state index contributed by atoms with van der Waals surface area (Å²) in [5.41, 5.74) is 1.30. The van der Waals surface area contributed by atoms with Crippen molar-refractivity contribution in [3.8, 4) is 11.4 Å². The molecular weight excluding hydrogens is 497 g/mol. The van der Waals surface area contributed by atoms with Gasteiger partial charge in [-0.25, -0.2) is 4.98 Å². The molecule has 0 bridgehead atoms. The number of nitrogens with zero attached hydrogens (tertiary/aromatic N) is 3. The van der Waals surface area contributed by atoms with Crippen LogP contribution in [0.1, 0.15) is 49.2 Å². The Labute approximate surface area is 219 Å². The van der Waals surface area contributed by atoms with E-state index in [0.29, 0.717) is 24.2 Å². The number of carbonyl (C=O) groups is 1. The maximum atomic E-state index is 14.1. The van der Waals surface area contributed by atoms with Gasteiger partial charge in [0.2, 0.25) is 0 Å². The van der Waals surface area contributed by atoms with Crippen LogP contribution in [-0.4, -0.2) is 35.7 Å². The molecule has 0 saturated carbocycles. The van der Waals surface area contributed by atoms with Gasteiger partial charge in [-0.3, -0.25) is 14.2 Å². The van der Waals surface area contributed by atoms with E-state index in [1.807, 2.05) is 24.3 Å². The van der Waals surface area contributed by atoms with Gasteiger partial charge in [-0.2, -0.15) is 13.2 Å². The van der Waals surface area contributed by atoms with E-state index in [2.05, 4.69) is 10.3 Å². The quantitative estimate of drug-likeness (QED) is 0.424. The maximum Gasteiger partial charge on any atom is 0.417 e. The summed E-state index contributed by atoms with van der Waals surface area (Å²) in [5.74, 6) is -0.480. The number of hydrogen-bond acceptors (Lipinski definition) is 6. The predicted octanol–water partition coefficient (Wildman–Crippen LogP) is 5.22. The van der Waals surface area contributed by atoms with Crippen LogP contribution in [0.25, 0.3) is 11.4 Å². The summed E-state index contributed by atoms with van der Waals surface area (Å²) in [6, 6.07) is 11.1. The molecule has 0 saturated heterocycles. The van der Waals surface area contributed by atoms with Gasteiger partial charge in [0.05, 0.1) is 17.3 Å². The highest BCUT2D eigenvalue weighted by Crippen LogP contribution is 2.40. The fourth-order valence-electron chi connectivity index (χ4n) is 4.95. The molecule has 1 aliphatic rings. The molecule has 10 heteroatoms. The molecule has 0 unspecified atom stereocenters. The van der Waals surface area contributed by atoms with E-state index in [-0.39, 0.29) is 23.6 Å². The van der Waals surface area contributed by atoms with Gasteiger partial charge in [0, 0.05) is 45.2 Å². The second-order valence-electron chi connectivity index (χ2n) is 9.45. The molecule has 4 rings (SSSR count). The lowest BCUT2D eigenvalue weighted by Gasteiger charge is -2.25. The van der Waals surface area contributed by atoms with Gasteiger partial charge in [0.1, 0.15) is 17.6 Å². The number of hydrogen-bond donors (Lipinski definition) is 1. The van der Waals surface area contributed by atoms with Gasteiger partial charge in [0.25, 0.3) is 5.56 Å². The standard InChI is InChI=1S/C28H31F3N4O3/c1-6-22-25(33-24-19-11-9-8-10-17(19)14-23(24)38-16(3)36)27(37)35(7-2)26(32-22)20-13-12-18(34(4)5)15-21(20)28(29,30)31/h8-13,15,23-24,33H,6-7,14H2,1-5H3/t23-,24+/m0/s1. The number of rotatable bonds is 7. The molecular formula is C28H31F3N4O3. The van der Waals surface area contributed by atoms with Gasteiger partial charge in [0.15, 0.2) is 0 Å². The van der Waals surface area contributed by atoms with Crippen molar-refractivity contribution in [3.63, 3.8) is 0 Å². The van der Waals surface area contributed by atoms with Gasteiger partial charge in [-0.1, -0.05) is 31.2 Å². The molecule has 0 radical (unpaired) electrons. The molecule has 1 N–H and O–H groups in total. The number of benzene rings is 2. The minimum absolute atomic E-state index is 0.0408. The first-order valence-electron chi connectivity index (χ1n) is 12.5. The number of nitrogens with one attached hydrogen (secondary N) is 1. The number of halogens is 3. The summed E-state index contributed by atoms with van der Waals surface area (Å²) < 4.78 is 49.3. The third-order valence-corrected chi connectivity index (χ3v) is 6.76. The third-order valence-electron chi connectivity index (χ3n) is 6.76. The lowest BCUT2D eigenvalue weighted by molar-refractivity contribution is -0.146. The summed E-state index contributed by atoms with van der Waals surface area (Å²) in [6.07, 6.45) is -4.40. The SMILES string of the molecule is CCc1nc(-c2ccc(N(C)C)cc2C(F)(F)F)n(CC)c(=O)c1N[C@@H]1c2ccccc2C[C@@H]1OC(C)=O. The van der Waals surface area contributed by atoms with Crippen LogP contribution < -0.4 is 15.8 Å². The zero-order chi connectivity index (χ0) is 27.8. The first-order valence-corrected chi connectivity index (χ1v) is 12.5. The molecule has 202 valence electrons. The molecule has 3 aromatic rings. The highest BCUT2D eigenvalue weighted by atomic mass is 19.4. The van der Waals surface area contributed by atoms with E-state index in [1.54, 1.807) is 38.9 Å². The zero-order valence-electron chi connectivity index (χ0n) is 22.0. The summed E-state index contributed by atoms with van der Waals surface area (Å²) in [5, 5.41) is 3.26. The molecule has 0 spiro atoms. The Balaban J connectivity index is 1.87. The van der Waals surface area contributed by atoms with E-state index in [9.17, 15) is 22.8 Å². The number of esters is 1. The molecule has 1 heterocycles. The molecule has 1 aliphatic carbocycles. The average Bonchev–Trinajstić information content (AvgIpc) is 3.20. The Morgan fingerprint density at radius 1 is 1.18 bits per heavy atom. The predicted molar refractivity (Wildman–Crippen MR) is 140 cm³/mol. The topological polar surface area (TPSA) is 76.5 Å². The molecule has 7 nitrogen and oxygen atoms in total. The van der Waals surface area contributed by atoms with E-state index in [1.165, 1.54) is 17.6 Å². The van der Waals surface area contributed by atoms with Crippen molar-refractivity contribution < 1.29 is 22.7 Å². The highest BCUT2D eigenvalue weighted by molar-refractivity contribution is 5.69. The van der Waals surface area contributed by atoms with Crippen LogP contribution in [0.3, 0.4) is 0 Å². The maximum absolute atomic E-state index is 14.1. The summed E-state index contributed by atoms with van der Waals surface area (Å²) in [4.78, 5) is 31.8. The van der Waals surface area contributed by atoms with Crippen LogP contribution in [0.15, 0.2) is 47.3 Å². The van der Waals surface area contributed by atoms with Crippen molar-refractivity contribution >= 4 is 17.3 Å². The average molecular weight is 529 g/mol. The Morgan fingerprint density at radius 2 is 1.89 bits per heavy atom. The summed E-state index contributed by atoms with van der Waals surface area (Å²) >= 11 is 0. The van der Waals surface area contributed by atoms with Crippen molar-refractivity contribution in [2.45, 2.75) is 58.5 Å². The number of ether oxygens (including phenoxy) is 1. The smallest absolute Gasteiger partial charge is 0.417 e. The molecule has 38 heavy (non-hydrogen) atoms. The van der Waals surface area contributed by atoms with Crippen molar-refractivity contribution in [1.29, 1.82) is 0 Å². The first kappa shape index (κ1) is 27.2. The minimum Gasteiger partial charge on any atom is -0.460 e. The molecule has 2 atom stereocenters. The molecule has 0 aliphatic heterocycles. The van der Waals surface area contributed by atoms with Crippen LogP contribution in [0, 0.1) is 0 Å².